The molecule has 3 N–H and O–H groups in total. The van der Waals surface area contributed by atoms with E-state index in [9.17, 15) is 13.2 Å². The fourth-order valence-electron chi connectivity index (χ4n) is 2.90. The molecule has 1 aromatic rings. The van der Waals surface area contributed by atoms with Crippen LogP contribution in [0.5, 0.6) is 0 Å². The van der Waals surface area contributed by atoms with Crippen molar-refractivity contribution in [1.29, 1.82) is 0 Å². The van der Waals surface area contributed by atoms with Crippen molar-refractivity contribution in [2.45, 2.75) is 43.7 Å². The number of amides is 1. The molecule has 7 nitrogen and oxygen atoms in total. The number of hydrogen-bond donors (Lipinski definition) is 3. The summed E-state index contributed by atoms with van der Waals surface area (Å²) in [6.45, 7) is 5.22. The van der Waals surface area contributed by atoms with Gasteiger partial charge in [0, 0.05) is 31.3 Å². The number of sulfonamides is 1. The molecule has 1 aliphatic rings. The van der Waals surface area contributed by atoms with E-state index in [0.29, 0.717) is 11.6 Å². The Kier molecular flexibility index (Phi) is 6.95. The van der Waals surface area contributed by atoms with Crippen LogP contribution in [0.2, 0.25) is 0 Å². The minimum absolute atomic E-state index is 0.0815. The zero-order chi connectivity index (χ0) is 18.4. The first-order valence-corrected chi connectivity index (χ1v) is 9.95. The van der Waals surface area contributed by atoms with Gasteiger partial charge in [0.1, 0.15) is 0 Å². The summed E-state index contributed by atoms with van der Waals surface area (Å²) in [6.07, 6.45) is 1.73. The molecule has 0 aliphatic carbocycles. The van der Waals surface area contributed by atoms with Gasteiger partial charge in [0.05, 0.1) is 11.5 Å². The van der Waals surface area contributed by atoms with Gasteiger partial charge in [-0.3, -0.25) is 4.79 Å². The number of hydrogen-bond acceptors (Lipinski definition) is 5. The van der Waals surface area contributed by atoms with Crippen molar-refractivity contribution < 1.29 is 17.9 Å². The number of ether oxygens (including phenoxy) is 1. The molecule has 1 aliphatic heterocycles. The van der Waals surface area contributed by atoms with E-state index in [2.05, 4.69) is 22.3 Å². The van der Waals surface area contributed by atoms with Crippen LogP contribution in [0.1, 0.15) is 35.7 Å². The van der Waals surface area contributed by atoms with Crippen LogP contribution in [-0.4, -0.2) is 53.2 Å². The third-order valence-corrected chi connectivity index (χ3v) is 5.78. The molecule has 0 radical (unpaired) electrons. The van der Waals surface area contributed by atoms with Gasteiger partial charge in [-0.05, 0) is 50.9 Å². The molecular weight excluding hydrogens is 342 g/mol. The number of methoxy groups -OCH3 is 1. The number of nitrogens with one attached hydrogen (secondary N) is 3. The SMILES string of the molecule is COCCNS(=O)(=O)c1ccc(C)c(C(=O)NC2CCNC(C)C2)c1. The first-order valence-electron chi connectivity index (χ1n) is 8.47. The second-order valence-corrected chi connectivity index (χ2v) is 8.18. The molecule has 0 saturated carbocycles. The van der Waals surface area contributed by atoms with Crippen LogP contribution in [0.3, 0.4) is 0 Å². The van der Waals surface area contributed by atoms with Crippen molar-refractivity contribution >= 4 is 15.9 Å². The Morgan fingerprint density at radius 1 is 1.40 bits per heavy atom. The Labute approximate surface area is 149 Å². The average Bonchev–Trinajstić information content (AvgIpc) is 2.55. The number of benzene rings is 1. The van der Waals surface area contributed by atoms with E-state index < -0.39 is 10.0 Å². The molecule has 1 saturated heterocycles. The van der Waals surface area contributed by atoms with Crippen molar-refractivity contribution in [1.82, 2.24) is 15.4 Å². The first kappa shape index (κ1) is 19.8. The van der Waals surface area contributed by atoms with E-state index in [1.54, 1.807) is 13.0 Å². The maximum atomic E-state index is 12.6. The summed E-state index contributed by atoms with van der Waals surface area (Å²) in [7, 11) is -2.16. The molecule has 2 rings (SSSR count). The van der Waals surface area contributed by atoms with Crippen molar-refractivity contribution in [2.75, 3.05) is 26.8 Å². The number of aryl methyl sites for hydroxylation is 1. The van der Waals surface area contributed by atoms with Gasteiger partial charge in [-0.1, -0.05) is 6.07 Å². The Hall–Kier alpha value is -1.48. The van der Waals surface area contributed by atoms with E-state index in [0.717, 1.165) is 24.9 Å². The lowest BCUT2D eigenvalue weighted by Crippen LogP contribution is -2.46. The monoisotopic (exact) mass is 369 g/mol. The molecule has 0 bridgehead atoms. The van der Waals surface area contributed by atoms with Crippen LogP contribution in [0.25, 0.3) is 0 Å². The number of piperidine rings is 1. The molecule has 2 atom stereocenters. The Balaban J connectivity index is 2.13. The van der Waals surface area contributed by atoms with E-state index >= 15 is 0 Å². The van der Waals surface area contributed by atoms with Gasteiger partial charge in [-0.15, -0.1) is 0 Å². The zero-order valence-electron chi connectivity index (χ0n) is 15.0. The van der Waals surface area contributed by atoms with E-state index in [-0.39, 0.29) is 30.0 Å². The molecule has 0 aromatic heterocycles. The minimum atomic E-state index is -3.67. The lowest BCUT2D eigenvalue weighted by Gasteiger charge is -2.28. The highest BCUT2D eigenvalue weighted by molar-refractivity contribution is 7.89. The third kappa shape index (κ3) is 5.50. The molecule has 0 spiro atoms. The van der Waals surface area contributed by atoms with Crippen molar-refractivity contribution in [3.8, 4) is 0 Å². The number of carbonyl (C=O) groups excluding carboxylic acids is 1. The highest BCUT2D eigenvalue weighted by Crippen LogP contribution is 2.17. The van der Waals surface area contributed by atoms with Crippen LogP contribution in [0, 0.1) is 6.92 Å². The van der Waals surface area contributed by atoms with Crippen molar-refractivity contribution in [2.24, 2.45) is 0 Å². The van der Waals surface area contributed by atoms with Gasteiger partial charge in [0.2, 0.25) is 10.0 Å². The fraction of sp³-hybridized carbons (Fsp3) is 0.588. The maximum absolute atomic E-state index is 12.6. The van der Waals surface area contributed by atoms with E-state index in [1.807, 2.05) is 0 Å². The smallest absolute Gasteiger partial charge is 0.251 e. The standard InChI is InChI=1S/C17H27N3O4S/c1-12-4-5-15(25(22,23)19-8-9-24-3)11-16(12)17(21)20-14-6-7-18-13(2)10-14/h4-5,11,13-14,18-19H,6-10H2,1-3H3,(H,20,21). The summed E-state index contributed by atoms with van der Waals surface area (Å²) in [4.78, 5) is 12.7. The second-order valence-electron chi connectivity index (χ2n) is 6.42. The van der Waals surface area contributed by atoms with Gasteiger partial charge < -0.3 is 15.4 Å². The van der Waals surface area contributed by atoms with Gasteiger partial charge >= 0.3 is 0 Å². The third-order valence-electron chi connectivity index (χ3n) is 4.32. The lowest BCUT2D eigenvalue weighted by atomic mass is 9.99. The molecule has 1 heterocycles. The first-order chi connectivity index (χ1) is 11.8. The van der Waals surface area contributed by atoms with Gasteiger partial charge in [-0.25, -0.2) is 13.1 Å². The summed E-state index contributed by atoms with van der Waals surface area (Å²) in [5, 5.41) is 6.36. The molecular formula is C17H27N3O4S. The van der Waals surface area contributed by atoms with E-state index in [4.69, 9.17) is 4.74 Å². The summed E-state index contributed by atoms with van der Waals surface area (Å²) in [5.74, 6) is -0.231. The zero-order valence-corrected chi connectivity index (χ0v) is 15.8. The fourth-order valence-corrected chi connectivity index (χ4v) is 3.94. The van der Waals surface area contributed by atoms with Gasteiger partial charge in [-0.2, -0.15) is 0 Å². The van der Waals surface area contributed by atoms with Crippen LogP contribution in [0.4, 0.5) is 0 Å². The summed E-state index contributed by atoms with van der Waals surface area (Å²) in [6, 6.07) is 5.06. The van der Waals surface area contributed by atoms with Crippen molar-refractivity contribution in [3.05, 3.63) is 29.3 Å². The average molecular weight is 369 g/mol. The Bertz CT molecular complexity index is 706. The second kappa shape index (κ2) is 8.75. The summed E-state index contributed by atoms with van der Waals surface area (Å²) < 4.78 is 31.9. The normalized spacial score (nSPS) is 21.1. The molecule has 8 heteroatoms. The molecule has 140 valence electrons. The Morgan fingerprint density at radius 3 is 2.84 bits per heavy atom. The molecule has 2 unspecified atom stereocenters. The van der Waals surface area contributed by atoms with Crippen LogP contribution < -0.4 is 15.4 Å². The molecule has 25 heavy (non-hydrogen) atoms. The van der Waals surface area contributed by atoms with E-state index in [1.165, 1.54) is 19.2 Å². The number of carbonyl (C=O) groups is 1. The molecule has 1 amide bonds. The highest BCUT2D eigenvalue weighted by Gasteiger charge is 2.22. The summed E-state index contributed by atoms with van der Waals surface area (Å²) in [5.41, 5.74) is 1.14. The predicted molar refractivity (Wildman–Crippen MR) is 96.2 cm³/mol. The van der Waals surface area contributed by atoms with Gasteiger partial charge in [0.25, 0.3) is 5.91 Å². The van der Waals surface area contributed by atoms with Crippen molar-refractivity contribution in [3.63, 3.8) is 0 Å². The lowest BCUT2D eigenvalue weighted by molar-refractivity contribution is 0.0925. The number of rotatable bonds is 7. The molecule has 1 fully saturated rings. The van der Waals surface area contributed by atoms with Crippen LogP contribution in [-0.2, 0) is 14.8 Å². The quantitative estimate of drug-likeness (QED) is 0.618. The maximum Gasteiger partial charge on any atom is 0.251 e. The summed E-state index contributed by atoms with van der Waals surface area (Å²) >= 11 is 0. The minimum Gasteiger partial charge on any atom is -0.383 e. The Morgan fingerprint density at radius 2 is 2.16 bits per heavy atom. The molecule has 1 aromatic carbocycles. The highest BCUT2D eigenvalue weighted by atomic mass is 32.2. The predicted octanol–water partition coefficient (Wildman–Crippen LogP) is 0.790. The van der Waals surface area contributed by atoms with Crippen LogP contribution >= 0.6 is 0 Å². The largest absolute Gasteiger partial charge is 0.383 e. The van der Waals surface area contributed by atoms with Gasteiger partial charge in [0.15, 0.2) is 0 Å². The van der Waals surface area contributed by atoms with Crippen LogP contribution in [0.15, 0.2) is 23.1 Å². The topological polar surface area (TPSA) is 96.5 Å².